The molecule has 0 saturated carbocycles. The molecule has 3 heterocycles. The van der Waals surface area contributed by atoms with E-state index >= 15 is 0 Å². The average molecular weight is 341 g/mol. The van der Waals surface area contributed by atoms with Crippen molar-refractivity contribution in [1.82, 2.24) is 9.36 Å². The van der Waals surface area contributed by atoms with Crippen LogP contribution in [0.5, 0.6) is 0 Å². The summed E-state index contributed by atoms with van der Waals surface area (Å²) in [6.07, 6.45) is 7.19. The summed E-state index contributed by atoms with van der Waals surface area (Å²) < 4.78 is 21.3. The lowest BCUT2D eigenvalue weighted by molar-refractivity contribution is -0.0672. The van der Waals surface area contributed by atoms with E-state index in [1.54, 1.807) is 7.11 Å². The Morgan fingerprint density at radius 2 is 2.13 bits per heavy atom. The second-order valence-corrected chi connectivity index (χ2v) is 6.97. The van der Waals surface area contributed by atoms with Crippen molar-refractivity contribution in [1.29, 1.82) is 0 Å². The molecule has 1 aromatic rings. The van der Waals surface area contributed by atoms with Crippen molar-refractivity contribution in [3.63, 3.8) is 0 Å². The third kappa shape index (κ3) is 5.11. The Balaban J connectivity index is 1.38. The molecule has 2 aliphatic heterocycles. The normalized spacial score (nSPS) is 23.3. The molecule has 2 fully saturated rings. The number of hydrogen-bond donors (Lipinski definition) is 0. The summed E-state index contributed by atoms with van der Waals surface area (Å²) in [7, 11) is 1.70. The number of nitrogens with zero attached hydrogens (tertiary/aromatic N) is 3. The van der Waals surface area contributed by atoms with E-state index in [-0.39, 0.29) is 0 Å². The summed E-state index contributed by atoms with van der Waals surface area (Å²) in [6, 6.07) is 0. The molecule has 7 heteroatoms. The summed E-state index contributed by atoms with van der Waals surface area (Å²) in [5, 5.41) is 1.03. The molecule has 2 aliphatic rings. The highest BCUT2D eigenvalue weighted by Crippen LogP contribution is 2.24. The smallest absolute Gasteiger partial charge is 0.205 e. The Hall–Kier alpha value is -0.760. The second kappa shape index (κ2) is 8.92. The van der Waals surface area contributed by atoms with Crippen LogP contribution in [0.4, 0.5) is 5.13 Å². The van der Waals surface area contributed by atoms with Gasteiger partial charge in [0.05, 0.1) is 25.4 Å². The van der Waals surface area contributed by atoms with Gasteiger partial charge < -0.3 is 19.1 Å². The molecule has 1 atom stereocenters. The standard InChI is InChI=1S/C16H27N3O3S/c1-20-11-7-15-17-16(23-18-15)19-8-5-13(6-9-19)22-12-14-4-2-3-10-21-14/h13-14H,2-12H2,1H3. The summed E-state index contributed by atoms with van der Waals surface area (Å²) in [4.78, 5) is 6.93. The SMILES string of the molecule is COCCc1nsc(N2CCC(OCC3CCCCO3)CC2)n1. The Morgan fingerprint density at radius 1 is 1.26 bits per heavy atom. The fourth-order valence-electron chi connectivity index (χ4n) is 3.06. The Morgan fingerprint density at radius 3 is 2.87 bits per heavy atom. The molecule has 1 unspecified atom stereocenters. The van der Waals surface area contributed by atoms with Gasteiger partial charge in [-0.2, -0.15) is 4.37 Å². The minimum Gasteiger partial charge on any atom is -0.384 e. The molecule has 0 spiro atoms. The molecule has 1 aromatic heterocycles. The summed E-state index contributed by atoms with van der Waals surface area (Å²) in [5.41, 5.74) is 0. The predicted molar refractivity (Wildman–Crippen MR) is 90.3 cm³/mol. The summed E-state index contributed by atoms with van der Waals surface area (Å²) in [6.45, 7) is 4.32. The van der Waals surface area contributed by atoms with Crippen LogP contribution < -0.4 is 4.90 Å². The third-order valence-electron chi connectivity index (χ3n) is 4.49. The van der Waals surface area contributed by atoms with E-state index in [2.05, 4.69) is 14.3 Å². The lowest BCUT2D eigenvalue weighted by Gasteiger charge is -2.32. The van der Waals surface area contributed by atoms with Crippen molar-refractivity contribution in [2.75, 3.05) is 44.9 Å². The van der Waals surface area contributed by atoms with Gasteiger partial charge in [0.25, 0.3) is 0 Å². The quantitative estimate of drug-likeness (QED) is 0.758. The molecule has 0 bridgehead atoms. The van der Waals surface area contributed by atoms with Crippen LogP contribution >= 0.6 is 11.5 Å². The van der Waals surface area contributed by atoms with Crippen LogP contribution in [0.3, 0.4) is 0 Å². The maximum atomic E-state index is 6.06. The highest BCUT2D eigenvalue weighted by Gasteiger charge is 2.24. The number of rotatable bonds is 7. The number of methoxy groups -OCH3 is 1. The molecule has 23 heavy (non-hydrogen) atoms. The predicted octanol–water partition coefficient (Wildman–Crippen LogP) is 2.28. The fourth-order valence-corrected chi connectivity index (χ4v) is 3.83. The Kier molecular flexibility index (Phi) is 6.62. The molecule has 3 rings (SSSR count). The van der Waals surface area contributed by atoms with E-state index in [9.17, 15) is 0 Å². The van der Waals surface area contributed by atoms with E-state index in [1.165, 1.54) is 24.4 Å². The Bertz CT molecular complexity index is 457. The van der Waals surface area contributed by atoms with Gasteiger partial charge in [0, 0.05) is 44.8 Å². The van der Waals surface area contributed by atoms with Gasteiger partial charge in [0.15, 0.2) is 0 Å². The maximum Gasteiger partial charge on any atom is 0.205 e. The first kappa shape index (κ1) is 17.1. The number of aromatic nitrogens is 2. The van der Waals surface area contributed by atoms with Crippen molar-refractivity contribution in [3.8, 4) is 0 Å². The minimum absolute atomic E-state index is 0.313. The minimum atomic E-state index is 0.313. The highest BCUT2D eigenvalue weighted by atomic mass is 32.1. The van der Waals surface area contributed by atoms with Gasteiger partial charge in [0.1, 0.15) is 5.82 Å². The summed E-state index contributed by atoms with van der Waals surface area (Å²) >= 11 is 1.49. The number of ether oxygens (including phenoxy) is 3. The molecule has 0 aromatic carbocycles. The first-order valence-corrected chi connectivity index (χ1v) is 9.42. The molecule has 0 radical (unpaired) electrons. The van der Waals surface area contributed by atoms with Crippen LogP contribution in [-0.4, -0.2) is 61.6 Å². The summed E-state index contributed by atoms with van der Waals surface area (Å²) in [5.74, 6) is 0.889. The maximum absolute atomic E-state index is 6.06. The molecular formula is C16H27N3O3S. The van der Waals surface area contributed by atoms with Crippen molar-refractivity contribution in [2.45, 2.75) is 50.7 Å². The van der Waals surface area contributed by atoms with E-state index in [0.717, 1.165) is 62.9 Å². The largest absolute Gasteiger partial charge is 0.384 e. The first-order valence-electron chi connectivity index (χ1n) is 8.65. The van der Waals surface area contributed by atoms with Crippen LogP contribution in [0.15, 0.2) is 0 Å². The number of piperidine rings is 1. The van der Waals surface area contributed by atoms with Crippen molar-refractivity contribution < 1.29 is 14.2 Å². The molecule has 0 N–H and O–H groups in total. The average Bonchev–Trinajstić information content (AvgIpc) is 3.08. The van der Waals surface area contributed by atoms with Crippen molar-refractivity contribution in [3.05, 3.63) is 5.82 Å². The van der Waals surface area contributed by atoms with Gasteiger partial charge in [-0.25, -0.2) is 4.98 Å². The molecule has 130 valence electrons. The van der Waals surface area contributed by atoms with Gasteiger partial charge in [-0.3, -0.25) is 0 Å². The van der Waals surface area contributed by atoms with Gasteiger partial charge in [-0.1, -0.05) is 0 Å². The fraction of sp³-hybridized carbons (Fsp3) is 0.875. The zero-order chi connectivity index (χ0) is 15.9. The second-order valence-electron chi connectivity index (χ2n) is 6.24. The van der Waals surface area contributed by atoms with Gasteiger partial charge in [-0.15, -0.1) is 0 Å². The van der Waals surface area contributed by atoms with Crippen molar-refractivity contribution >= 4 is 16.7 Å². The Labute approximate surface area is 142 Å². The molecule has 2 saturated heterocycles. The van der Waals surface area contributed by atoms with Crippen LogP contribution in [0.1, 0.15) is 37.9 Å². The lowest BCUT2D eigenvalue weighted by atomic mass is 10.1. The highest BCUT2D eigenvalue weighted by molar-refractivity contribution is 7.09. The number of hydrogen-bond acceptors (Lipinski definition) is 7. The zero-order valence-electron chi connectivity index (χ0n) is 13.9. The van der Waals surface area contributed by atoms with Gasteiger partial charge in [-0.05, 0) is 32.1 Å². The van der Waals surface area contributed by atoms with Crippen LogP contribution in [0, 0.1) is 0 Å². The van der Waals surface area contributed by atoms with Crippen LogP contribution in [0.25, 0.3) is 0 Å². The van der Waals surface area contributed by atoms with E-state index in [1.807, 2.05) is 0 Å². The number of anilines is 1. The van der Waals surface area contributed by atoms with Crippen molar-refractivity contribution in [2.24, 2.45) is 0 Å². The topological polar surface area (TPSA) is 56.7 Å². The molecular weight excluding hydrogens is 314 g/mol. The van der Waals surface area contributed by atoms with E-state index in [0.29, 0.717) is 18.8 Å². The van der Waals surface area contributed by atoms with Gasteiger partial charge in [0.2, 0.25) is 5.13 Å². The zero-order valence-corrected chi connectivity index (χ0v) is 14.7. The molecule has 6 nitrogen and oxygen atoms in total. The van der Waals surface area contributed by atoms with E-state index in [4.69, 9.17) is 14.2 Å². The lowest BCUT2D eigenvalue weighted by Crippen LogP contribution is -2.38. The monoisotopic (exact) mass is 341 g/mol. The third-order valence-corrected chi connectivity index (χ3v) is 5.31. The molecule has 0 aliphatic carbocycles. The van der Waals surface area contributed by atoms with Crippen LogP contribution in [0.2, 0.25) is 0 Å². The first-order chi connectivity index (χ1) is 11.3. The van der Waals surface area contributed by atoms with Gasteiger partial charge >= 0.3 is 0 Å². The van der Waals surface area contributed by atoms with E-state index < -0.39 is 0 Å². The molecule has 0 amide bonds. The van der Waals surface area contributed by atoms with Crippen LogP contribution in [-0.2, 0) is 20.6 Å².